The summed E-state index contributed by atoms with van der Waals surface area (Å²) in [6.07, 6.45) is 0. The van der Waals surface area contributed by atoms with E-state index in [1.165, 1.54) is 12.1 Å². The Kier molecular flexibility index (Phi) is 5.54. The van der Waals surface area contributed by atoms with Crippen molar-refractivity contribution in [2.75, 3.05) is 11.9 Å². The van der Waals surface area contributed by atoms with Gasteiger partial charge in [0.25, 0.3) is 5.91 Å². The van der Waals surface area contributed by atoms with Crippen LogP contribution >= 0.6 is 11.6 Å². The van der Waals surface area contributed by atoms with Crippen molar-refractivity contribution in [1.29, 1.82) is 0 Å². The maximum atomic E-state index is 12.0. The fourth-order valence-electron chi connectivity index (χ4n) is 2.35. The number of carboxylic acid groups (broad SMARTS) is 1. The molecule has 2 rings (SSSR count). The largest absolute Gasteiger partial charge is 0.507 e. The van der Waals surface area contributed by atoms with E-state index in [0.717, 1.165) is 11.1 Å². The standard InChI is InChI=1S/C18H18ClNO5/c1-9-5-13(6-10(2)16(9)19)25-8-15(21)20-12-4-11(3)17(22)14(7-12)18(23)24/h4-7,22H,8H2,1-3H3,(H,20,21)(H,23,24). The van der Waals surface area contributed by atoms with E-state index < -0.39 is 11.9 Å². The third kappa shape index (κ3) is 4.42. The number of carbonyl (C=O) groups is 2. The van der Waals surface area contributed by atoms with Crippen LogP contribution in [-0.4, -0.2) is 28.7 Å². The van der Waals surface area contributed by atoms with Crippen LogP contribution in [0.2, 0.25) is 5.02 Å². The van der Waals surface area contributed by atoms with E-state index in [2.05, 4.69) is 5.32 Å². The van der Waals surface area contributed by atoms with Gasteiger partial charge in [-0.15, -0.1) is 0 Å². The molecule has 0 aliphatic heterocycles. The second kappa shape index (κ2) is 7.44. The number of aromatic carboxylic acids is 1. The van der Waals surface area contributed by atoms with Crippen LogP contribution < -0.4 is 10.1 Å². The molecule has 132 valence electrons. The molecule has 0 saturated heterocycles. The van der Waals surface area contributed by atoms with Gasteiger partial charge in [-0.05, 0) is 61.7 Å². The third-order valence-corrected chi connectivity index (χ3v) is 4.19. The molecule has 0 heterocycles. The summed E-state index contributed by atoms with van der Waals surface area (Å²) < 4.78 is 5.45. The predicted octanol–water partition coefficient (Wildman–Crippen LogP) is 3.69. The van der Waals surface area contributed by atoms with Crippen molar-refractivity contribution in [2.24, 2.45) is 0 Å². The van der Waals surface area contributed by atoms with Gasteiger partial charge in [0.1, 0.15) is 17.1 Å². The molecule has 7 heteroatoms. The average molecular weight is 364 g/mol. The summed E-state index contributed by atoms with van der Waals surface area (Å²) in [5.41, 5.74) is 2.03. The van der Waals surface area contributed by atoms with Gasteiger partial charge in [0.15, 0.2) is 6.61 Å². The zero-order chi connectivity index (χ0) is 18.7. The number of hydrogen-bond acceptors (Lipinski definition) is 4. The number of aromatic hydroxyl groups is 1. The molecule has 0 spiro atoms. The van der Waals surface area contributed by atoms with Crippen LogP contribution in [-0.2, 0) is 4.79 Å². The smallest absolute Gasteiger partial charge is 0.339 e. The highest BCUT2D eigenvalue weighted by atomic mass is 35.5. The van der Waals surface area contributed by atoms with Crippen LogP contribution in [0.15, 0.2) is 24.3 Å². The van der Waals surface area contributed by atoms with Crippen molar-refractivity contribution >= 4 is 29.2 Å². The minimum Gasteiger partial charge on any atom is -0.507 e. The molecule has 2 aromatic carbocycles. The van der Waals surface area contributed by atoms with Gasteiger partial charge in [-0.1, -0.05) is 11.6 Å². The summed E-state index contributed by atoms with van der Waals surface area (Å²) in [5, 5.41) is 22.0. The summed E-state index contributed by atoms with van der Waals surface area (Å²) in [4.78, 5) is 23.1. The summed E-state index contributed by atoms with van der Waals surface area (Å²) in [5.74, 6) is -1.54. The molecular weight excluding hydrogens is 346 g/mol. The number of benzene rings is 2. The molecule has 0 aliphatic rings. The molecule has 0 bridgehead atoms. The number of phenols is 1. The van der Waals surface area contributed by atoms with Crippen LogP contribution in [0.4, 0.5) is 5.69 Å². The van der Waals surface area contributed by atoms with E-state index in [9.17, 15) is 14.7 Å². The Hall–Kier alpha value is -2.73. The predicted molar refractivity (Wildman–Crippen MR) is 94.9 cm³/mol. The lowest BCUT2D eigenvalue weighted by molar-refractivity contribution is -0.118. The molecule has 0 saturated carbocycles. The fourth-order valence-corrected chi connectivity index (χ4v) is 2.46. The summed E-state index contributed by atoms with van der Waals surface area (Å²) >= 11 is 6.08. The Labute approximate surface area is 150 Å². The Morgan fingerprint density at radius 2 is 1.68 bits per heavy atom. The number of hydrogen-bond donors (Lipinski definition) is 3. The van der Waals surface area contributed by atoms with Gasteiger partial charge in [-0.2, -0.15) is 0 Å². The van der Waals surface area contributed by atoms with Crippen molar-refractivity contribution in [3.8, 4) is 11.5 Å². The average Bonchev–Trinajstić information content (AvgIpc) is 2.53. The zero-order valence-corrected chi connectivity index (χ0v) is 14.8. The molecule has 0 fully saturated rings. The van der Waals surface area contributed by atoms with Crippen molar-refractivity contribution in [1.82, 2.24) is 0 Å². The van der Waals surface area contributed by atoms with Crippen molar-refractivity contribution in [3.05, 3.63) is 51.5 Å². The summed E-state index contributed by atoms with van der Waals surface area (Å²) in [7, 11) is 0. The van der Waals surface area contributed by atoms with Gasteiger partial charge in [-0.3, -0.25) is 4.79 Å². The van der Waals surface area contributed by atoms with E-state index >= 15 is 0 Å². The third-order valence-electron chi connectivity index (χ3n) is 3.59. The van der Waals surface area contributed by atoms with Gasteiger partial charge in [0.05, 0.1) is 0 Å². The number of amides is 1. The van der Waals surface area contributed by atoms with E-state index in [1.54, 1.807) is 19.1 Å². The van der Waals surface area contributed by atoms with E-state index in [-0.39, 0.29) is 23.6 Å². The van der Waals surface area contributed by atoms with E-state index in [0.29, 0.717) is 16.3 Å². The molecule has 0 aromatic heterocycles. The molecule has 0 atom stereocenters. The van der Waals surface area contributed by atoms with E-state index in [4.69, 9.17) is 21.4 Å². The molecule has 6 nitrogen and oxygen atoms in total. The summed E-state index contributed by atoms with van der Waals surface area (Å²) in [6.45, 7) is 4.99. The number of carbonyl (C=O) groups excluding carboxylic acids is 1. The first-order valence-corrected chi connectivity index (χ1v) is 7.83. The lowest BCUT2D eigenvalue weighted by atomic mass is 10.1. The number of aryl methyl sites for hydroxylation is 3. The first-order valence-electron chi connectivity index (χ1n) is 7.45. The van der Waals surface area contributed by atoms with Gasteiger partial charge in [-0.25, -0.2) is 4.79 Å². The quantitative estimate of drug-likeness (QED) is 0.704. The van der Waals surface area contributed by atoms with Crippen molar-refractivity contribution in [3.63, 3.8) is 0 Å². The molecule has 2 aromatic rings. The van der Waals surface area contributed by atoms with Gasteiger partial charge < -0.3 is 20.3 Å². The number of nitrogens with one attached hydrogen (secondary N) is 1. The lowest BCUT2D eigenvalue weighted by Crippen LogP contribution is -2.20. The Morgan fingerprint density at radius 1 is 1.08 bits per heavy atom. The SMILES string of the molecule is Cc1cc(NC(=O)COc2cc(C)c(Cl)c(C)c2)cc(C(=O)O)c1O. The van der Waals surface area contributed by atoms with Crippen LogP contribution in [0.3, 0.4) is 0 Å². The van der Waals surface area contributed by atoms with Crippen molar-refractivity contribution in [2.45, 2.75) is 20.8 Å². The molecule has 1 amide bonds. The minimum atomic E-state index is -1.28. The number of rotatable bonds is 5. The highest BCUT2D eigenvalue weighted by molar-refractivity contribution is 6.32. The molecule has 0 unspecified atom stereocenters. The van der Waals surface area contributed by atoms with Crippen molar-refractivity contribution < 1.29 is 24.5 Å². The normalized spacial score (nSPS) is 10.4. The Morgan fingerprint density at radius 3 is 2.24 bits per heavy atom. The van der Waals surface area contributed by atoms with E-state index in [1.807, 2.05) is 13.8 Å². The first kappa shape index (κ1) is 18.6. The maximum absolute atomic E-state index is 12.0. The zero-order valence-electron chi connectivity index (χ0n) is 14.0. The summed E-state index contributed by atoms with van der Waals surface area (Å²) in [6, 6.07) is 6.14. The Bertz CT molecular complexity index is 825. The lowest BCUT2D eigenvalue weighted by Gasteiger charge is -2.12. The first-order chi connectivity index (χ1) is 11.7. The van der Waals surface area contributed by atoms with Gasteiger partial charge in [0, 0.05) is 10.7 Å². The highest BCUT2D eigenvalue weighted by Crippen LogP contribution is 2.27. The topological polar surface area (TPSA) is 95.9 Å². The Balaban J connectivity index is 2.07. The second-order valence-electron chi connectivity index (χ2n) is 5.70. The number of ether oxygens (including phenoxy) is 1. The number of carboxylic acids is 1. The fraction of sp³-hybridized carbons (Fsp3) is 0.222. The maximum Gasteiger partial charge on any atom is 0.339 e. The minimum absolute atomic E-state index is 0.247. The van der Waals surface area contributed by atoms with Crippen LogP contribution in [0.1, 0.15) is 27.0 Å². The second-order valence-corrected chi connectivity index (χ2v) is 6.08. The number of anilines is 1. The highest BCUT2D eigenvalue weighted by Gasteiger charge is 2.15. The van der Waals surface area contributed by atoms with Gasteiger partial charge in [0.2, 0.25) is 0 Å². The van der Waals surface area contributed by atoms with Crippen LogP contribution in [0, 0.1) is 20.8 Å². The molecule has 3 N–H and O–H groups in total. The molecule has 25 heavy (non-hydrogen) atoms. The van der Waals surface area contributed by atoms with Crippen LogP contribution in [0.5, 0.6) is 11.5 Å². The molecule has 0 aliphatic carbocycles. The monoisotopic (exact) mass is 363 g/mol. The molecule has 0 radical (unpaired) electrons. The number of halogens is 1. The van der Waals surface area contributed by atoms with Gasteiger partial charge >= 0.3 is 5.97 Å². The van der Waals surface area contributed by atoms with Crippen LogP contribution in [0.25, 0.3) is 0 Å². The molecular formula is C18H18ClNO5.